The Hall–Kier alpha value is -1.45. The van der Waals surface area contributed by atoms with E-state index in [1.165, 1.54) is 19.1 Å². The highest BCUT2D eigenvalue weighted by Crippen LogP contribution is 2.23. The highest BCUT2D eigenvalue weighted by Gasteiger charge is 2.18. The molecule has 4 heteroatoms. The molecule has 0 amide bonds. The van der Waals surface area contributed by atoms with E-state index >= 15 is 0 Å². The first kappa shape index (κ1) is 11.0. The molecule has 2 nitrogen and oxygen atoms in total. The number of halogens is 2. The number of carbonyl (C=O) groups is 1. The summed E-state index contributed by atoms with van der Waals surface area (Å²) in [5.74, 6) is -0.858. The van der Waals surface area contributed by atoms with E-state index in [4.69, 9.17) is 0 Å². The third kappa shape index (κ3) is 2.05. The summed E-state index contributed by atoms with van der Waals surface area (Å²) in [5, 5.41) is 0. The summed E-state index contributed by atoms with van der Waals surface area (Å²) in [7, 11) is 0. The van der Waals surface area contributed by atoms with Gasteiger partial charge >= 0.3 is 0 Å². The maximum absolute atomic E-state index is 13.3. The van der Waals surface area contributed by atoms with Crippen molar-refractivity contribution in [2.45, 2.75) is 19.8 Å². The predicted molar refractivity (Wildman–Crippen MR) is 57.5 cm³/mol. The molecule has 0 spiro atoms. The van der Waals surface area contributed by atoms with Crippen LogP contribution in [0.15, 0.2) is 12.1 Å². The van der Waals surface area contributed by atoms with Crippen molar-refractivity contribution in [3.8, 4) is 0 Å². The quantitative estimate of drug-likeness (QED) is 0.731. The van der Waals surface area contributed by atoms with Crippen molar-refractivity contribution < 1.29 is 13.6 Å². The monoisotopic (exact) mass is 225 g/mol. The fourth-order valence-electron chi connectivity index (χ4n) is 1.83. The first-order valence-electron chi connectivity index (χ1n) is 5.30. The zero-order valence-electron chi connectivity index (χ0n) is 9.09. The van der Waals surface area contributed by atoms with Crippen LogP contribution in [-0.4, -0.2) is 18.9 Å². The normalized spacial score (nSPS) is 16.7. The molecule has 1 aromatic rings. The van der Waals surface area contributed by atoms with Crippen molar-refractivity contribution in [1.29, 1.82) is 0 Å². The van der Waals surface area contributed by atoms with E-state index in [2.05, 4.69) is 0 Å². The van der Waals surface area contributed by atoms with Gasteiger partial charge in [0.15, 0.2) is 0 Å². The Labute approximate surface area is 92.9 Å². The minimum absolute atomic E-state index is 0.0387. The predicted octanol–water partition coefficient (Wildman–Crippen LogP) is 2.44. The van der Waals surface area contributed by atoms with Gasteiger partial charge in [0.25, 0.3) is 0 Å². The summed E-state index contributed by atoms with van der Waals surface area (Å²) >= 11 is 0. The van der Waals surface area contributed by atoms with Crippen molar-refractivity contribution in [2.24, 2.45) is 0 Å². The zero-order valence-corrected chi connectivity index (χ0v) is 9.09. The Balaban J connectivity index is 2.24. The molecule has 1 saturated heterocycles. The summed E-state index contributed by atoms with van der Waals surface area (Å²) in [6.07, 6.45) is 0.911. The zero-order chi connectivity index (χ0) is 11.7. The molecule has 1 fully saturated rings. The molecule has 0 aliphatic carbocycles. The molecule has 0 saturated carbocycles. The van der Waals surface area contributed by atoms with Gasteiger partial charge in [0.05, 0.1) is 0 Å². The lowest BCUT2D eigenvalue weighted by atomic mass is 10.1. The van der Waals surface area contributed by atoms with Crippen LogP contribution in [0, 0.1) is 18.6 Å². The van der Waals surface area contributed by atoms with Gasteiger partial charge in [0, 0.05) is 37.2 Å². The maximum atomic E-state index is 13.3. The molecule has 1 aliphatic heterocycles. The molecule has 2 rings (SSSR count). The maximum Gasteiger partial charge on any atom is 0.136 e. The average Bonchev–Trinajstić information content (AvgIpc) is 2.26. The number of carbonyl (C=O) groups excluding carboxylic acids is 1. The second-order valence-corrected chi connectivity index (χ2v) is 4.06. The largest absolute Gasteiger partial charge is 0.370 e. The van der Waals surface area contributed by atoms with Crippen molar-refractivity contribution in [2.75, 3.05) is 18.0 Å². The number of ketones is 1. The van der Waals surface area contributed by atoms with Gasteiger partial charge in [-0.05, 0) is 19.1 Å². The fraction of sp³-hybridized carbons (Fsp3) is 0.417. The van der Waals surface area contributed by atoms with Crippen LogP contribution in [0.1, 0.15) is 18.4 Å². The van der Waals surface area contributed by atoms with Crippen LogP contribution in [0.25, 0.3) is 0 Å². The molecular weight excluding hydrogens is 212 g/mol. The summed E-state index contributed by atoms with van der Waals surface area (Å²) in [6, 6.07) is 2.66. The molecule has 86 valence electrons. The van der Waals surface area contributed by atoms with Gasteiger partial charge in [-0.25, -0.2) is 8.78 Å². The number of hydrogen-bond donors (Lipinski definition) is 0. The molecule has 0 unspecified atom stereocenters. The van der Waals surface area contributed by atoms with Crippen LogP contribution in [0.4, 0.5) is 14.5 Å². The Morgan fingerprint density at radius 3 is 2.12 bits per heavy atom. The van der Waals surface area contributed by atoms with Gasteiger partial charge < -0.3 is 4.90 Å². The summed E-state index contributed by atoms with van der Waals surface area (Å²) in [6.45, 7) is 2.50. The first-order chi connectivity index (χ1) is 7.58. The van der Waals surface area contributed by atoms with Crippen LogP contribution >= 0.6 is 0 Å². The SMILES string of the molecule is Cc1c(F)cc(N2CCC(=O)CC2)cc1F. The second kappa shape index (κ2) is 4.20. The topological polar surface area (TPSA) is 20.3 Å². The lowest BCUT2D eigenvalue weighted by Crippen LogP contribution is -2.33. The van der Waals surface area contributed by atoms with Crippen molar-refractivity contribution >= 4 is 11.5 Å². The molecule has 0 radical (unpaired) electrons. The van der Waals surface area contributed by atoms with Crippen LogP contribution in [0.2, 0.25) is 0 Å². The van der Waals surface area contributed by atoms with Crippen molar-refractivity contribution in [3.63, 3.8) is 0 Å². The van der Waals surface area contributed by atoms with E-state index in [1.807, 2.05) is 4.90 Å². The van der Waals surface area contributed by atoms with Gasteiger partial charge in [-0.3, -0.25) is 4.79 Å². The molecule has 0 N–H and O–H groups in total. The van der Waals surface area contributed by atoms with Crippen LogP contribution in [0.3, 0.4) is 0 Å². The summed E-state index contributed by atoms with van der Waals surface area (Å²) < 4.78 is 26.7. The average molecular weight is 225 g/mol. The minimum atomic E-state index is -0.535. The fourth-order valence-corrected chi connectivity index (χ4v) is 1.83. The highest BCUT2D eigenvalue weighted by molar-refractivity contribution is 5.81. The number of benzene rings is 1. The molecule has 16 heavy (non-hydrogen) atoms. The van der Waals surface area contributed by atoms with E-state index in [0.29, 0.717) is 31.6 Å². The lowest BCUT2D eigenvalue weighted by Gasteiger charge is -2.28. The molecule has 0 aromatic heterocycles. The van der Waals surface area contributed by atoms with Gasteiger partial charge in [-0.1, -0.05) is 0 Å². The molecule has 1 aromatic carbocycles. The van der Waals surface area contributed by atoms with E-state index < -0.39 is 11.6 Å². The molecule has 0 bridgehead atoms. The molecule has 0 atom stereocenters. The number of nitrogens with zero attached hydrogens (tertiary/aromatic N) is 1. The Morgan fingerprint density at radius 2 is 1.62 bits per heavy atom. The number of piperidine rings is 1. The Kier molecular flexibility index (Phi) is 2.90. The number of rotatable bonds is 1. The van der Waals surface area contributed by atoms with E-state index in [1.54, 1.807) is 0 Å². The van der Waals surface area contributed by atoms with E-state index in [9.17, 15) is 13.6 Å². The minimum Gasteiger partial charge on any atom is -0.370 e. The number of hydrogen-bond acceptors (Lipinski definition) is 2. The van der Waals surface area contributed by atoms with Gasteiger partial charge in [0.2, 0.25) is 0 Å². The Morgan fingerprint density at radius 1 is 1.12 bits per heavy atom. The highest BCUT2D eigenvalue weighted by atomic mass is 19.1. The number of Topliss-reactive ketones (excluding diaryl/α,β-unsaturated/α-hetero) is 1. The standard InChI is InChI=1S/C12H13F2NO/c1-8-11(13)6-9(7-12(8)14)15-4-2-10(16)3-5-15/h6-7H,2-5H2,1H3. The van der Waals surface area contributed by atoms with Gasteiger partial charge in [-0.2, -0.15) is 0 Å². The van der Waals surface area contributed by atoms with Crippen LogP contribution in [0.5, 0.6) is 0 Å². The van der Waals surface area contributed by atoms with E-state index in [0.717, 1.165) is 0 Å². The smallest absolute Gasteiger partial charge is 0.136 e. The molecule has 1 aliphatic rings. The first-order valence-corrected chi connectivity index (χ1v) is 5.30. The number of anilines is 1. The summed E-state index contributed by atoms with van der Waals surface area (Å²) in [4.78, 5) is 12.9. The van der Waals surface area contributed by atoms with Crippen LogP contribution in [-0.2, 0) is 4.79 Å². The van der Waals surface area contributed by atoms with Crippen LogP contribution < -0.4 is 4.90 Å². The molecular formula is C12H13F2NO. The summed E-state index contributed by atoms with van der Waals surface area (Å²) in [5.41, 5.74) is 0.560. The lowest BCUT2D eigenvalue weighted by molar-refractivity contribution is -0.119. The van der Waals surface area contributed by atoms with Crippen molar-refractivity contribution in [1.82, 2.24) is 0 Å². The third-order valence-electron chi connectivity index (χ3n) is 2.95. The van der Waals surface area contributed by atoms with E-state index in [-0.39, 0.29) is 11.3 Å². The van der Waals surface area contributed by atoms with Gasteiger partial charge in [0.1, 0.15) is 17.4 Å². The van der Waals surface area contributed by atoms with Gasteiger partial charge in [-0.15, -0.1) is 0 Å². The van der Waals surface area contributed by atoms with Crippen molar-refractivity contribution in [3.05, 3.63) is 29.3 Å². The second-order valence-electron chi connectivity index (χ2n) is 4.06. The molecule has 1 heterocycles. The Bertz CT molecular complexity index is 398. The third-order valence-corrected chi connectivity index (χ3v) is 2.95.